The van der Waals surface area contributed by atoms with E-state index in [0.717, 1.165) is 37.9 Å². The number of nitrogens with zero attached hydrogens (tertiary/aromatic N) is 3. The maximum atomic E-state index is 13.1. The molecule has 35 heavy (non-hydrogen) atoms. The Hall–Kier alpha value is -3.28. The maximum Gasteiger partial charge on any atom is 0.408 e. The molecular weight excluding hydrogens is 446 g/mol. The first-order valence-electron chi connectivity index (χ1n) is 12.6. The molecule has 2 heterocycles. The van der Waals surface area contributed by atoms with Crippen molar-refractivity contribution in [2.45, 2.75) is 70.6 Å². The lowest BCUT2D eigenvalue weighted by Gasteiger charge is -2.40. The van der Waals surface area contributed by atoms with Crippen LogP contribution in [-0.4, -0.2) is 65.7 Å². The normalized spacial score (nSPS) is 18.3. The van der Waals surface area contributed by atoms with Gasteiger partial charge in [0.2, 0.25) is 0 Å². The van der Waals surface area contributed by atoms with Crippen LogP contribution in [-0.2, 0) is 16.1 Å². The molecule has 2 aliphatic rings. The van der Waals surface area contributed by atoms with Crippen molar-refractivity contribution < 1.29 is 19.1 Å². The van der Waals surface area contributed by atoms with Crippen molar-refractivity contribution in [2.75, 3.05) is 26.2 Å². The van der Waals surface area contributed by atoms with Gasteiger partial charge < -0.3 is 25.2 Å². The van der Waals surface area contributed by atoms with Gasteiger partial charge in [0.25, 0.3) is 5.91 Å². The first-order valence-corrected chi connectivity index (χ1v) is 12.6. The van der Waals surface area contributed by atoms with Crippen LogP contribution in [0.3, 0.4) is 0 Å². The third kappa shape index (κ3) is 7.61. The molecule has 1 aromatic carbocycles. The van der Waals surface area contributed by atoms with E-state index in [2.05, 4.69) is 16.7 Å². The number of hydrogen-bond donors (Lipinski definition) is 2. The number of likely N-dealkylation sites (tertiary alicyclic amines) is 2. The molecule has 1 unspecified atom stereocenters. The summed E-state index contributed by atoms with van der Waals surface area (Å²) in [6.07, 6.45) is 2.52. The molecule has 9 heteroatoms. The Labute approximate surface area is 207 Å². The fourth-order valence-electron chi connectivity index (χ4n) is 4.52. The average Bonchev–Trinajstić information content (AvgIpc) is 2.88. The van der Waals surface area contributed by atoms with E-state index in [-0.39, 0.29) is 11.9 Å². The predicted molar refractivity (Wildman–Crippen MR) is 131 cm³/mol. The highest BCUT2D eigenvalue weighted by molar-refractivity contribution is 5.84. The number of alkyl carbamates (subject to hydrolysis) is 1. The van der Waals surface area contributed by atoms with Gasteiger partial charge in [-0.2, -0.15) is 5.26 Å². The molecule has 2 N–H and O–H groups in total. The highest BCUT2D eigenvalue weighted by atomic mass is 16.6. The van der Waals surface area contributed by atoms with Crippen molar-refractivity contribution >= 4 is 18.0 Å². The van der Waals surface area contributed by atoms with Gasteiger partial charge in [-0.3, -0.25) is 4.79 Å². The number of piperidine rings is 2. The monoisotopic (exact) mass is 483 g/mol. The van der Waals surface area contributed by atoms with E-state index in [1.165, 1.54) is 0 Å². The van der Waals surface area contributed by atoms with Crippen molar-refractivity contribution in [3.05, 3.63) is 35.9 Å². The standard InChI is InChI=1S/C26H37N5O4/c1-20(2)17-22(35-24(33)28-18-21-9-5-3-6-10-21)23(32)29-26(19-27)11-15-31(16-12-26)25(34)30-13-7-4-8-14-30/h3,5-6,9-10,20,22H,4,7-8,11-18H2,1-2H3,(H,28,33)(H,29,32). The van der Waals surface area contributed by atoms with E-state index in [9.17, 15) is 19.6 Å². The molecule has 0 aromatic heterocycles. The summed E-state index contributed by atoms with van der Waals surface area (Å²) in [5, 5.41) is 15.4. The molecule has 0 radical (unpaired) electrons. The molecule has 0 saturated carbocycles. The lowest BCUT2D eigenvalue weighted by Crippen LogP contribution is -2.59. The van der Waals surface area contributed by atoms with Crippen molar-refractivity contribution in [1.82, 2.24) is 20.4 Å². The number of nitrogens with one attached hydrogen (secondary N) is 2. The molecule has 1 atom stereocenters. The summed E-state index contributed by atoms with van der Waals surface area (Å²) in [6.45, 7) is 6.52. The molecule has 4 amide bonds. The molecular formula is C26H37N5O4. The number of ether oxygens (including phenoxy) is 1. The smallest absolute Gasteiger partial charge is 0.408 e. The number of hydrogen-bond acceptors (Lipinski definition) is 5. The second kappa shape index (κ2) is 12.4. The fraction of sp³-hybridized carbons (Fsp3) is 0.615. The van der Waals surface area contributed by atoms with E-state index in [1.54, 1.807) is 4.90 Å². The summed E-state index contributed by atoms with van der Waals surface area (Å²) in [6, 6.07) is 11.7. The highest BCUT2D eigenvalue weighted by Crippen LogP contribution is 2.24. The van der Waals surface area contributed by atoms with E-state index in [1.807, 2.05) is 49.1 Å². The molecule has 0 aliphatic carbocycles. The van der Waals surface area contributed by atoms with Crippen LogP contribution in [0.15, 0.2) is 30.3 Å². The number of carbonyl (C=O) groups excluding carboxylic acids is 3. The summed E-state index contributed by atoms with van der Waals surface area (Å²) in [4.78, 5) is 42.0. The Bertz CT molecular complexity index is 900. The van der Waals surface area contributed by atoms with Crippen molar-refractivity contribution in [3.8, 4) is 6.07 Å². The minimum atomic E-state index is -1.09. The Morgan fingerprint density at radius 1 is 1.03 bits per heavy atom. The lowest BCUT2D eigenvalue weighted by molar-refractivity contribution is -0.132. The summed E-state index contributed by atoms with van der Waals surface area (Å²) in [5.41, 5.74) is -0.168. The highest BCUT2D eigenvalue weighted by Gasteiger charge is 2.40. The van der Waals surface area contributed by atoms with E-state index < -0.39 is 23.6 Å². The van der Waals surface area contributed by atoms with Crippen molar-refractivity contribution in [2.24, 2.45) is 5.92 Å². The first-order chi connectivity index (χ1) is 16.8. The molecule has 3 rings (SSSR count). The van der Waals surface area contributed by atoms with Gasteiger partial charge in [0.05, 0.1) is 6.07 Å². The van der Waals surface area contributed by atoms with Crippen molar-refractivity contribution in [3.63, 3.8) is 0 Å². The van der Waals surface area contributed by atoms with Gasteiger partial charge in [-0.05, 0) is 37.2 Å². The van der Waals surface area contributed by atoms with Gasteiger partial charge in [-0.25, -0.2) is 9.59 Å². The predicted octanol–water partition coefficient (Wildman–Crippen LogP) is 3.41. The van der Waals surface area contributed by atoms with Gasteiger partial charge in [0.15, 0.2) is 6.10 Å². The lowest BCUT2D eigenvalue weighted by atomic mass is 9.88. The minimum absolute atomic E-state index is 0.0127. The van der Waals surface area contributed by atoms with Crippen LogP contribution >= 0.6 is 0 Å². The molecule has 190 valence electrons. The zero-order valence-electron chi connectivity index (χ0n) is 20.8. The SMILES string of the molecule is CC(C)CC(OC(=O)NCc1ccccc1)C(=O)NC1(C#N)CCN(C(=O)N2CCCCC2)CC1. The molecule has 1 aromatic rings. The quantitative estimate of drug-likeness (QED) is 0.617. The van der Waals surface area contributed by atoms with Crippen LogP contribution in [0.5, 0.6) is 0 Å². The van der Waals surface area contributed by atoms with E-state index in [0.29, 0.717) is 38.9 Å². The van der Waals surface area contributed by atoms with Gasteiger partial charge in [0.1, 0.15) is 5.54 Å². The fourth-order valence-corrected chi connectivity index (χ4v) is 4.52. The third-order valence-electron chi connectivity index (χ3n) is 6.60. The minimum Gasteiger partial charge on any atom is -0.436 e. The van der Waals surface area contributed by atoms with E-state index >= 15 is 0 Å². The number of amides is 4. The zero-order valence-corrected chi connectivity index (χ0v) is 20.8. The topological polar surface area (TPSA) is 115 Å². The van der Waals surface area contributed by atoms with Crippen LogP contribution in [0, 0.1) is 17.2 Å². The average molecular weight is 484 g/mol. The summed E-state index contributed by atoms with van der Waals surface area (Å²) in [5.74, 6) is -0.374. The van der Waals surface area contributed by atoms with Crippen LogP contribution in [0.25, 0.3) is 0 Å². The number of benzene rings is 1. The molecule has 2 fully saturated rings. The van der Waals surface area contributed by atoms with Gasteiger partial charge in [-0.15, -0.1) is 0 Å². The van der Waals surface area contributed by atoms with Crippen LogP contribution < -0.4 is 10.6 Å². The second-order valence-corrected chi connectivity index (χ2v) is 9.86. The van der Waals surface area contributed by atoms with Gasteiger partial charge in [0, 0.05) is 45.6 Å². The summed E-state index contributed by atoms with van der Waals surface area (Å²) in [7, 11) is 0. The maximum absolute atomic E-state index is 13.1. The Morgan fingerprint density at radius 3 is 2.26 bits per heavy atom. The van der Waals surface area contributed by atoms with E-state index in [4.69, 9.17) is 4.74 Å². The van der Waals surface area contributed by atoms with Crippen molar-refractivity contribution in [1.29, 1.82) is 5.26 Å². The molecule has 9 nitrogen and oxygen atoms in total. The Kier molecular flexibility index (Phi) is 9.35. The van der Waals surface area contributed by atoms with Gasteiger partial charge in [-0.1, -0.05) is 44.2 Å². The van der Waals surface area contributed by atoms with Gasteiger partial charge >= 0.3 is 12.1 Å². The first kappa shape index (κ1) is 26.3. The Balaban J connectivity index is 1.55. The number of urea groups is 1. The molecule has 0 spiro atoms. The molecule has 2 aliphatic heterocycles. The Morgan fingerprint density at radius 2 is 1.66 bits per heavy atom. The largest absolute Gasteiger partial charge is 0.436 e. The summed E-state index contributed by atoms with van der Waals surface area (Å²) >= 11 is 0. The zero-order chi connectivity index (χ0) is 25.3. The number of carbonyl (C=O) groups is 3. The second-order valence-electron chi connectivity index (χ2n) is 9.86. The third-order valence-corrected chi connectivity index (χ3v) is 6.60. The summed E-state index contributed by atoms with van der Waals surface area (Å²) < 4.78 is 5.47. The molecule has 0 bridgehead atoms. The van der Waals surface area contributed by atoms with Crippen LogP contribution in [0.1, 0.15) is 57.9 Å². The number of rotatable bonds is 7. The van der Waals surface area contributed by atoms with Crippen LogP contribution in [0.2, 0.25) is 0 Å². The molecule has 2 saturated heterocycles. The number of nitriles is 1. The van der Waals surface area contributed by atoms with Crippen LogP contribution in [0.4, 0.5) is 9.59 Å².